The summed E-state index contributed by atoms with van der Waals surface area (Å²) in [4.78, 5) is 35.0. The van der Waals surface area contributed by atoms with Gasteiger partial charge in [-0.3, -0.25) is 14.6 Å². The number of aromatic nitrogens is 2. The second kappa shape index (κ2) is 10.4. The zero-order valence-electron chi connectivity index (χ0n) is 21.5. The van der Waals surface area contributed by atoms with Crippen molar-refractivity contribution in [2.45, 2.75) is 51.7 Å². The van der Waals surface area contributed by atoms with E-state index in [0.29, 0.717) is 49.5 Å². The SMILES string of the molecule is COc1ccc(-c2ccnc3c(C(=O)NC4CCN(C(=O)[C@H](C)O)CC4)c(C)[nH]c23)c(OCC2CC2)c1. The van der Waals surface area contributed by atoms with Gasteiger partial charge in [-0.05, 0) is 63.6 Å². The van der Waals surface area contributed by atoms with Gasteiger partial charge < -0.3 is 29.8 Å². The standard InChI is InChI=1S/C28H34N4O5/c1-16-24(27(34)31-19-9-12-32(13-10-19)28(35)17(2)33)26-25(30-16)22(8-11-29-26)21-7-6-20(36-3)14-23(21)37-15-18-4-5-18/h6-8,11,14,17-19,30,33H,4-5,9-10,12-13,15H2,1-3H3,(H,31,34)/t17-/m0/s1. The fourth-order valence-electron chi connectivity index (χ4n) is 4.94. The van der Waals surface area contributed by atoms with Crippen molar-refractivity contribution in [2.75, 3.05) is 26.8 Å². The number of H-pyrrole nitrogens is 1. The zero-order valence-corrected chi connectivity index (χ0v) is 21.5. The summed E-state index contributed by atoms with van der Waals surface area (Å²) in [5.74, 6) is 1.62. The summed E-state index contributed by atoms with van der Waals surface area (Å²) < 4.78 is 11.6. The van der Waals surface area contributed by atoms with Gasteiger partial charge in [0, 0.05) is 48.2 Å². The lowest BCUT2D eigenvalue weighted by Gasteiger charge is -2.33. The van der Waals surface area contributed by atoms with Gasteiger partial charge in [0.1, 0.15) is 23.1 Å². The highest BCUT2D eigenvalue weighted by molar-refractivity contribution is 6.09. The number of piperidine rings is 1. The largest absolute Gasteiger partial charge is 0.497 e. The normalized spacial score (nSPS) is 17.0. The second-order valence-electron chi connectivity index (χ2n) is 10.1. The third kappa shape index (κ3) is 5.27. The highest BCUT2D eigenvalue weighted by Gasteiger charge is 2.28. The smallest absolute Gasteiger partial charge is 0.255 e. The number of aliphatic hydroxyl groups excluding tert-OH is 1. The number of methoxy groups -OCH3 is 1. The Morgan fingerprint density at radius 1 is 1.19 bits per heavy atom. The average Bonchev–Trinajstić information content (AvgIpc) is 3.66. The van der Waals surface area contributed by atoms with E-state index >= 15 is 0 Å². The third-order valence-corrected chi connectivity index (χ3v) is 7.25. The number of nitrogens with one attached hydrogen (secondary N) is 2. The molecule has 3 N–H and O–H groups in total. The van der Waals surface area contributed by atoms with Crippen LogP contribution in [-0.4, -0.2) is 70.7 Å². The molecule has 3 heterocycles. The molecule has 2 aromatic heterocycles. The van der Waals surface area contributed by atoms with Gasteiger partial charge in [0.25, 0.3) is 11.8 Å². The number of carbonyl (C=O) groups excluding carboxylic acids is 2. The van der Waals surface area contributed by atoms with Crippen molar-refractivity contribution in [1.82, 2.24) is 20.2 Å². The molecule has 1 aliphatic carbocycles. The van der Waals surface area contributed by atoms with Crippen molar-refractivity contribution in [3.8, 4) is 22.6 Å². The minimum Gasteiger partial charge on any atom is -0.497 e. The Kier molecular flexibility index (Phi) is 7.06. The van der Waals surface area contributed by atoms with Gasteiger partial charge in [0.05, 0.1) is 24.8 Å². The first-order valence-electron chi connectivity index (χ1n) is 12.9. The van der Waals surface area contributed by atoms with Crippen LogP contribution in [0.3, 0.4) is 0 Å². The number of nitrogens with zero attached hydrogens (tertiary/aromatic N) is 2. The molecule has 9 nitrogen and oxygen atoms in total. The lowest BCUT2D eigenvalue weighted by Crippen LogP contribution is -2.48. The Balaban J connectivity index is 1.39. The summed E-state index contributed by atoms with van der Waals surface area (Å²) in [5, 5.41) is 12.7. The van der Waals surface area contributed by atoms with Crippen LogP contribution in [0.15, 0.2) is 30.5 Å². The summed E-state index contributed by atoms with van der Waals surface area (Å²) >= 11 is 0. The molecule has 2 aliphatic rings. The number of hydrogen-bond acceptors (Lipinski definition) is 6. The number of aromatic amines is 1. The summed E-state index contributed by atoms with van der Waals surface area (Å²) in [6, 6.07) is 7.67. The monoisotopic (exact) mass is 506 g/mol. The van der Waals surface area contributed by atoms with E-state index in [1.54, 1.807) is 18.2 Å². The predicted molar refractivity (Wildman–Crippen MR) is 140 cm³/mol. The Hall–Kier alpha value is -3.59. The number of ether oxygens (including phenoxy) is 2. The van der Waals surface area contributed by atoms with Gasteiger partial charge in [0.15, 0.2) is 0 Å². The van der Waals surface area contributed by atoms with Crippen molar-refractivity contribution < 1.29 is 24.2 Å². The van der Waals surface area contributed by atoms with Crippen LogP contribution < -0.4 is 14.8 Å². The molecular weight excluding hydrogens is 472 g/mol. The molecule has 2 fully saturated rings. The fraction of sp³-hybridized carbons (Fsp3) is 0.464. The van der Waals surface area contributed by atoms with E-state index in [2.05, 4.69) is 15.3 Å². The van der Waals surface area contributed by atoms with Crippen LogP contribution in [0.5, 0.6) is 11.5 Å². The van der Waals surface area contributed by atoms with Crippen LogP contribution >= 0.6 is 0 Å². The first-order chi connectivity index (χ1) is 17.9. The number of aliphatic hydroxyl groups is 1. The lowest BCUT2D eigenvalue weighted by molar-refractivity contribution is -0.140. The minimum absolute atomic E-state index is 0.0536. The number of pyridine rings is 1. The molecule has 5 rings (SSSR count). The van der Waals surface area contributed by atoms with Gasteiger partial charge >= 0.3 is 0 Å². The number of fused-ring (bicyclic) bond motifs is 1. The molecule has 196 valence electrons. The van der Waals surface area contributed by atoms with Crippen molar-refractivity contribution in [3.63, 3.8) is 0 Å². The van der Waals surface area contributed by atoms with Crippen LogP contribution in [0.4, 0.5) is 0 Å². The van der Waals surface area contributed by atoms with Crippen LogP contribution in [-0.2, 0) is 4.79 Å². The van der Waals surface area contributed by atoms with Gasteiger partial charge in [-0.15, -0.1) is 0 Å². The minimum atomic E-state index is -1.01. The molecule has 0 unspecified atom stereocenters. The number of carbonyl (C=O) groups is 2. The van der Waals surface area contributed by atoms with Crippen molar-refractivity contribution in [1.29, 1.82) is 0 Å². The van der Waals surface area contributed by atoms with Crippen molar-refractivity contribution >= 4 is 22.8 Å². The molecule has 1 atom stereocenters. The molecule has 0 bridgehead atoms. The van der Waals surface area contributed by atoms with E-state index in [0.717, 1.165) is 33.8 Å². The van der Waals surface area contributed by atoms with Crippen molar-refractivity contribution in [2.24, 2.45) is 5.92 Å². The zero-order chi connectivity index (χ0) is 26.1. The first kappa shape index (κ1) is 25.1. The molecule has 0 spiro atoms. The van der Waals surface area contributed by atoms with Gasteiger partial charge in [-0.2, -0.15) is 0 Å². The summed E-state index contributed by atoms with van der Waals surface area (Å²) in [7, 11) is 1.64. The second-order valence-corrected chi connectivity index (χ2v) is 10.1. The van der Waals surface area contributed by atoms with Gasteiger partial charge in [-0.1, -0.05) is 0 Å². The molecule has 0 radical (unpaired) electrons. The molecule has 37 heavy (non-hydrogen) atoms. The number of aryl methyl sites for hydroxylation is 1. The van der Waals surface area contributed by atoms with Crippen LogP contribution in [0.25, 0.3) is 22.2 Å². The van der Waals surface area contributed by atoms with Crippen LogP contribution in [0.1, 0.15) is 48.7 Å². The fourth-order valence-corrected chi connectivity index (χ4v) is 4.94. The lowest BCUT2D eigenvalue weighted by atomic mass is 10.0. The molecule has 9 heteroatoms. The van der Waals surface area contributed by atoms with E-state index < -0.39 is 6.10 Å². The van der Waals surface area contributed by atoms with E-state index in [9.17, 15) is 14.7 Å². The number of benzene rings is 1. The van der Waals surface area contributed by atoms with Gasteiger partial charge in [0.2, 0.25) is 0 Å². The molecule has 1 aromatic carbocycles. The number of likely N-dealkylation sites (tertiary alicyclic amines) is 1. The summed E-state index contributed by atoms with van der Waals surface area (Å²) in [6.45, 7) is 5.04. The molecule has 3 aromatic rings. The van der Waals surface area contributed by atoms with Gasteiger partial charge in [-0.25, -0.2) is 0 Å². The quantitative estimate of drug-likeness (QED) is 0.431. The highest BCUT2D eigenvalue weighted by Crippen LogP contribution is 2.39. The summed E-state index contributed by atoms with van der Waals surface area (Å²) in [5.41, 5.74) is 4.47. The van der Waals surface area contributed by atoms with Crippen LogP contribution in [0, 0.1) is 12.8 Å². The van der Waals surface area contributed by atoms with Crippen LogP contribution in [0.2, 0.25) is 0 Å². The molecular formula is C28H34N4O5. The predicted octanol–water partition coefficient (Wildman–Crippen LogP) is 3.44. The van der Waals surface area contributed by atoms with Crippen molar-refractivity contribution in [3.05, 3.63) is 41.7 Å². The Morgan fingerprint density at radius 3 is 2.62 bits per heavy atom. The Bertz CT molecular complexity index is 1310. The van der Waals surface area contributed by atoms with E-state index in [1.165, 1.54) is 19.8 Å². The maximum Gasteiger partial charge on any atom is 0.255 e. The number of rotatable bonds is 8. The molecule has 1 saturated carbocycles. The first-order valence-corrected chi connectivity index (χ1v) is 12.9. The molecule has 1 aliphatic heterocycles. The molecule has 1 saturated heterocycles. The summed E-state index contributed by atoms with van der Waals surface area (Å²) in [6.07, 6.45) is 4.38. The van der Waals surface area contributed by atoms with E-state index in [-0.39, 0.29) is 17.9 Å². The maximum absolute atomic E-state index is 13.4. The van der Waals surface area contributed by atoms with E-state index in [4.69, 9.17) is 9.47 Å². The Morgan fingerprint density at radius 2 is 1.95 bits per heavy atom. The average molecular weight is 507 g/mol. The molecule has 2 amide bonds. The maximum atomic E-state index is 13.4. The number of amides is 2. The third-order valence-electron chi connectivity index (χ3n) is 7.25. The van der Waals surface area contributed by atoms with E-state index in [1.807, 2.05) is 31.2 Å². The highest BCUT2D eigenvalue weighted by atomic mass is 16.5. The Labute approximate surface area is 216 Å². The number of hydrogen-bond donors (Lipinski definition) is 3. The topological polar surface area (TPSA) is 117 Å².